The second kappa shape index (κ2) is 9.17. The van der Waals surface area contributed by atoms with Crippen molar-refractivity contribution in [2.75, 3.05) is 26.8 Å². The molecule has 2 rings (SSSR count). The van der Waals surface area contributed by atoms with Gasteiger partial charge >= 0.3 is 12.1 Å². The number of ether oxygens (including phenoxy) is 3. The molecule has 0 radical (unpaired) electrons. The third-order valence-electron chi connectivity index (χ3n) is 5.18. The zero-order chi connectivity index (χ0) is 21.7. The maximum atomic E-state index is 12.6. The maximum Gasteiger partial charge on any atom is 0.410 e. The third-order valence-corrected chi connectivity index (χ3v) is 5.18. The predicted molar refractivity (Wildman–Crippen MR) is 107 cm³/mol. The van der Waals surface area contributed by atoms with Crippen molar-refractivity contribution in [2.24, 2.45) is 5.92 Å². The fourth-order valence-corrected chi connectivity index (χ4v) is 3.71. The van der Waals surface area contributed by atoms with Gasteiger partial charge in [0.05, 0.1) is 19.8 Å². The number of carbonyl (C=O) groups excluding carboxylic acids is 2. The van der Waals surface area contributed by atoms with Gasteiger partial charge in [0.15, 0.2) is 5.92 Å². The molecule has 0 bridgehead atoms. The zero-order valence-corrected chi connectivity index (χ0v) is 17.9. The van der Waals surface area contributed by atoms with E-state index in [1.807, 2.05) is 45.0 Å². The van der Waals surface area contributed by atoms with Gasteiger partial charge in [-0.3, -0.25) is 4.79 Å². The highest BCUT2D eigenvalue weighted by Crippen LogP contribution is 2.43. The molecule has 0 spiro atoms. The molecule has 1 atom stereocenters. The Balaban J connectivity index is 2.33. The quantitative estimate of drug-likeness (QED) is 0.698. The fraction of sp³-hybridized carbons (Fsp3) is 0.591. The van der Waals surface area contributed by atoms with E-state index in [9.17, 15) is 14.9 Å². The van der Waals surface area contributed by atoms with Crippen LogP contribution in [0.2, 0.25) is 0 Å². The Kier molecular flexibility index (Phi) is 7.12. The number of amides is 1. The number of likely N-dealkylation sites (tertiary alicyclic amines) is 1. The van der Waals surface area contributed by atoms with Crippen LogP contribution in [0.3, 0.4) is 0 Å². The first-order chi connectivity index (χ1) is 13.7. The van der Waals surface area contributed by atoms with Crippen LogP contribution in [-0.2, 0) is 19.7 Å². The molecule has 1 amide bonds. The number of nitriles is 1. The molecule has 1 unspecified atom stereocenters. The summed E-state index contributed by atoms with van der Waals surface area (Å²) >= 11 is 0. The van der Waals surface area contributed by atoms with Crippen LogP contribution in [-0.4, -0.2) is 49.4 Å². The molecular weight excluding hydrogens is 372 g/mol. The average molecular weight is 402 g/mol. The van der Waals surface area contributed by atoms with Gasteiger partial charge in [0.1, 0.15) is 11.4 Å². The van der Waals surface area contributed by atoms with Gasteiger partial charge in [0.25, 0.3) is 0 Å². The van der Waals surface area contributed by atoms with Crippen LogP contribution in [0, 0.1) is 17.2 Å². The topological polar surface area (TPSA) is 88.9 Å². The Bertz CT molecular complexity index is 753. The summed E-state index contributed by atoms with van der Waals surface area (Å²) in [5.74, 6) is -0.798. The molecule has 1 fully saturated rings. The van der Waals surface area contributed by atoms with E-state index < -0.39 is 22.9 Å². The Labute approximate surface area is 172 Å². The average Bonchev–Trinajstić information content (AvgIpc) is 2.68. The number of hydrogen-bond donors (Lipinski definition) is 0. The first-order valence-corrected chi connectivity index (χ1v) is 9.85. The molecule has 1 aromatic carbocycles. The summed E-state index contributed by atoms with van der Waals surface area (Å²) < 4.78 is 15.9. The molecule has 29 heavy (non-hydrogen) atoms. The second-order valence-electron chi connectivity index (χ2n) is 8.17. The number of rotatable bonds is 5. The van der Waals surface area contributed by atoms with Crippen molar-refractivity contribution in [2.45, 2.75) is 51.6 Å². The lowest BCUT2D eigenvalue weighted by Gasteiger charge is -2.44. The van der Waals surface area contributed by atoms with Gasteiger partial charge in [-0.1, -0.05) is 12.1 Å². The van der Waals surface area contributed by atoms with E-state index in [0.29, 0.717) is 31.7 Å². The Morgan fingerprint density at radius 3 is 2.24 bits per heavy atom. The fourth-order valence-electron chi connectivity index (χ4n) is 3.71. The lowest BCUT2D eigenvalue weighted by Crippen LogP contribution is -2.51. The molecule has 0 N–H and O–H groups in total. The number of carbonyl (C=O) groups is 2. The number of benzene rings is 1. The van der Waals surface area contributed by atoms with Crippen LogP contribution < -0.4 is 4.74 Å². The van der Waals surface area contributed by atoms with Crippen LogP contribution in [0.15, 0.2) is 24.3 Å². The Morgan fingerprint density at radius 1 is 1.21 bits per heavy atom. The molecule has 1 heterocycles. The maximum absolute atomic E-state index is 12.6. The molecule has 7 nitrogen and oxygen atoms in total. The molecule has 1 saturated heterocycles. The molecule has 1 aromatic rings. The van der Waals surface area contributed by atoms with Gasteiger partial charge < -0.3 is 19.1 Å². The van der Waals surface area contributed by atoms with E-state index in [-0.39, 0.29) is 12.7 Å². The van der Waals surface area contributed by atoms with Crippen LogP contribution in [0.25, 0.3) is 0 Å². The smallest absolute Gasteiger partial charge is 0.410 e. The number of piperidine rings is 1. The van der Waals surface area contributed by atoms with Gasteiger partial charge in [0, 0.05) is 18.5 Å². The van der Waals surface area contributed by atoms with Crippen LogP contribution in [0.4, 0.5) is 4.79 Å². The van der Waals surface area contributed by atoms with Gasteiger partial charge in [-0.15, -0.1) is 0 Å². The van der Waals surface area contributed by atoms with Crippen molar-refractivity contribution in [1.29, 1.82) is 5.26 Å². The first kappa shape index (κ1) is 22.5. The summed E-state index contributed by atoms with van der Waals surface area (Å²) in [6, 6.07) is 9.56. The van der Waals surface area contributed by atoms with E-state index >= 15 is 0 Å². The summed E-state index contributed by atoms with van der Waals surface area (Å²) in [4.78, 5) is 26.7. The lowest BCUT2D eigenvalue weighted by molar-refractivity contribution is -0.149. The standard InChI is InChI=1S/C22H30N2O5/c1-6-28-19(25)18(15-23)22(16-7-9-17(27-5)10-8-16)11-13-24(14-12-22)20(26)29-21(2,3)4/h7-10,18H,6,11-14H2,1-5H3. The SMILES string of the molecule is CCOC(=O)C(C#N)C1(c2ccc(OC)cc2)CCN(C(=O)OC(C)(C)C)CC1. The van der Waals surface area contributed by atoms with Gasteiger partial charge in [-0.2, -0.15) is 5.26 Å². The number of esters is 1. The lowest BCUT2D eigenvalue weighted by atomic mass is 9.64. The molecule has 158 valence electrons. The Morgan fingerprint density at radius 2 is 1.79 bits per heavy atom. The zero-order valence-electron chi connectivity index (χ0n) is 17.9. The van der Waals surface area contributed by atoms with Crippen molar-refractivity contribution in [3.05, 3.63) is 29.8 Å². The van der Waals surface area contributed by atoms with Crippen molar-refractivity contribution in [3.63, 3.8) is 0 Å². The molecule has 0 aliphatic carbocycles. The number of methoxy groups -OCH3 is 1. The second-order valence-corrected chi connectivity index (χ2v) is 8.17. The number of nitrogens with zero attached hydrogens (tertiary/aromatic N) is 2. The largest absolute Gasteiger partial charge is 0.497 e. The summed E-state index contributed by atoms with van der Waals surface area (Å²) in [6.07, 6.45) is 0.524. The van der Waals surface area contributed by atoms with E-state index in [1.165, 1.54) is 0 Å². The van der Waals surface area contributed by atoms with Crippen molar-refractivity contribution in [1.82, 2.24) is 4.90 Å². The monoisotopic (exact) mass is 402 g/mol. The van der Waals surface area contributed by atoms with Crippen LogP contribution >= 0.6 is 0 Å². The highest BCUT2D eigenvalue weighted by atomic mass is 16.6. The minimum atomic E-state index is -0.961. The van der Waals surface area contributed by atoms with E-state index in [2.05, 4.69) is 6.07 Å². The summed E-state index contributed by atoms with van der Waals surface area (Å²) in [5.41, 5.74) is -0.463. The van der Waals surface area contributed by atoms with Gasteiger partial charge in [0.2, 0.25) is 0 Å². The minimum absolute atomic E-state index is 0.208. The van der Waals surface area contributed by atoms with Gasteiger partial charge in [-0.25, -0.2) is 4.79 Å². The number of hydrogen-bond acceptors (Lipinski definition) is 6. The van der Waals surface area contributed by atoms with Crippen LogP contribution in [0.1, 0.15) is 46.1 Å². The Hall–Kier alpha value is -2.75. The van der Waals surface area contributed by atoms with E-state index in [0.717, 1.165) is 5.56 Å². The summed E-state index contributed by atoms with van der Waals surface area (Å²) in [6.45, 7) is 8.17. The highest BCUT2D eigenvalue weighted by Gasteiger charge is 2.48. The van der Waals surface area contributed by atoms with Crippen molar-refractivity contribution < 1.29 is 23.8 Å². The molecule has 0 saturated carbocycles. The minimum Gasteiger partial charge on any atom is -0.497 e. The van der Waals surface area contributed by atoms with E-state index in [4.69, 9.17) is 14.2 Å². The van der Waals surface area contributed by atoms with Gasteiger partial charge in [-0.05, 0) is 58.2 Å². The predicted octanol–water partition coefficient (Wildman–Crippen LogP) is 3.67. The highest BCUT2D eigenvalue weighted by molar-refractivity contribution is 5.78. The van der Waals surface area contributed by atoms with E-state index in [1.54, 1.807) is 18.9 Å². The van der Waals surface area contributed by atoms with Crippen molar-refractivity contribution >= 4 is 12.1 Å². The molecular formula is C22H30N2O5. The molecule has 0 aromatic heterocycles. The summed E-state index contributed by atoms with van der Waals surface area (Å²) in [5, 5.41) is 9.85. The summed E-state index contributed by atoms with van der Waals surface area (Å²) in [7, 11) is 1.58. The van der Waals surface area contributed by atoms with Crippen molar-refractivity contribution in [3.8, 4) is 11.8 Å². The molecule has 1 aliphatic rings. The third kappa shape index (κ3) is 5.20. The molecule has 1 aliphatic heterocycles. The first-order valence-electron chi connectivity index (χ1n) is 9.85. The normalized spacial score (nSPS) is 17.0. The van der Waals surface area contributed by atoms with Crippen LogP contribution in [0.5, 0.6) is 5.75 Å². The molecule has 7 heteroatoms.